The number of halogens is 3. The molecule has 2 saturated heterocycles. The van der Waals surface area contributed by atoms with Crippen molar-refractivity contribution in [3.8, 4) is 0 Å². The lowest BCUT2D eigenvalue weighted by atomic mass is 10.0. The van der Waals surface area contributed by atoms with Crippen LogP contribution in [0.25, 0.3) is 0 Å². The normalized spacial score (nSPS) is 29.2. The smallest absolute Gasteiger partial charge is 0.372 e. The molecule has 2 unspecified atom stereocenters. The van der Waals surface area contributed by atoms with Crippen molar-refractivity contribution >= 4 is 0 Å². The maximum absolute atomic E-state index is 11.9. The first kappa shape index (κ1) is 15.1. The molecule has 0 amide bonds. The minimum atomic E-state index is -4.20. The zero-order valence-corrected chi connectivity index (χ0v) is 11.2. The average molecular weight is 280 g/mol. The molecule has 0 aliphatic carbocycles. The molecule has 0 aromatic heterocycles. The molecule has 0 saturated carbocycles. The Bertz CT molecular complexity index is 267. The summed E-state index contributed by atoms with van der Waals surface area (Å²) < 4.78 is 40.4. The van der Waals surface area contributed by atoms with E-state index in [-0.39, 0.29) is 6.61 Å². The SMILES string of the molecule is FC(F)(F)COCCCN1CCCC1C1CCCN1. The number of hydrogen-bond donors (Lipinski definition) is 1. The van der Waals surface area contributed by atoms with Gasteiger partial charge in [0.1, 0.15) is 6.61 Å². The van der Waals surface area contributed by atoms with E-state index in [1.165, 1.54) is 25.7 Å². The standard InChI is InChI=1S/C13H23F3N2O/c14-13(15,16)10-19-9-3-8-18-7-2-5-12(18)11-4-1-6-17-11/h11-12,17H,1-10H2. The van der Waals surface area contributed by atoms with Gasteiger partial charge in [-0.3, -0.25) is 4.90 Å². The van der Waals surface area contributed by atoms with Gasteiger partial charge in [0.2, 0.25) is 0 Å². The molecule has 0 aromatic rings. The van der Waals surface area contributed by atoms with Crippen LogP contribution in [0.5, 0.6) is 0 Å². The molecule has 2 heterocycles. The Kier molecular flexibility index (Phi) is 5.47. The van der Waals surface area contributed by atoms with Crippen LogP contribution < -0.4 is 5.32 Å². The van der Waals surface area contributed by atoms with E-state index < -0.39 is 12.8 Å². The van der Waals surface area contributed by atoms with Crippen LogP contribution in [0.15, 0.2) is 0 Å². The fourth-order valence-electron chi connectivity index (χ4n) is 3.18. The van der Waals surface area contributed by atoms with E-state index >= 15 is 0 Å². The zero-order chi connectivity index (χ0) is 13.7. The average Bonchev–Trinajstić information content (AvgIpc) is 2.96. The molecule has 112 valence electrons. The van der Waals surface area contributed by atoms with Crippen molar-refractivity contribution < 1.29 is 17.9 Å². The van der Waals surface area contributed by atoms with Gasteiger partial charge in [-0.15, -0.1) is 0 Å². The van der Waals surface area contributed by atoms with Crippen molar-refractivity contribution in [2.24, 2.45) is 0 Å². The third-order valence-corrected chi connectivity index (χ3v) is 3.98. The van der Waals surface area contributed by atoms with Gasteiger partial charge in [0.25, 0.3) is 0 Å². The first-order valence-corrected chi connectivity index (χ1v) is 7.18. The molecule has 0 radical (unpaired) electrons. The van der Waals surface area contributed by atoms with E-state index in [1.54, 1.807) is 0 Å². The number of rotatable bonds is 6. The fraction of sp³-hybridized carbons (Fsp3) is 1.00. The lowest BCUT2D eigenvalue weighted by molar-refractivity contribution is -0.174. The van der Waals surface area contributed by atoms with Gasteiger partial charge in [0.05, 0.1) is 0 Å². The Morgan fingerprint density at radius 1 is 1.21 bits per heavy atom. The summed E-state index contributed by atoms with van der Waals surface area (Å²) in [7, 11) is 0. The molecule has 0 aromatic carbocycles. The zero-order valence-electron chi connectivity index (χ0n) is 11.2. The van der Waals surface area contributed by atoms with Crippen molar-refractivity contribution in [3.63, 3.8) is 0 Å². The second-order valence-corrected chi connectivity index (χ2v) is 5.47. The van der Waals surface area contributed by atoms with Crippen molar-refractivity contribution in [2.75, 3.05) is 32.8 Å². The first-order chi connectivity index (χ1) is 9.06. The molecule has 2 aliphatic rings. The number of hydrogen-bond acceptors (Lipinski definition) is 3. The highest BCUT2D eigenvalue weighted by atomic mass is 19.4. The lowest BCUT2D eigenvalue weighted by Crippen LogP contribution is -2.44. The summed E-state index contributed by atoms with van der Waals surface area (Å²) in [6, 6.07) is 1.16. The largest absolute Gasteiger partial charge is 0.411 e. The van der Waals surface area contributed by atoms with Gasteiger partial charge in [0, 0.05) is 25.2 Å². The summed E-state index contributed by atoms with van der Waals surface area (Å²) in [6.45, 7) is 2.09. The maximum Gasteiger partial charge on any atom is 0.411 e. The summed E-state index contributed by atoms with van der Waals surface area (Å²) in [4.78, 5) is 2.42. The molecule has 0 bridgehead atoms. The minimum Gasteiger partial charge on any atom is -0.372 e. The number of alkyl halides is 3. The van der Waals surface area contributed by atoms with Gasteiger partial charge in [-0.2, -0.15) is 13.2 Å². The Hall–Kier alpha value is -0.330. The summed E-state index contributed by atoms with van der Waals surface area (Å²) in [5, 5.41) is 3.53. The molecule has 2 fully saturated rings. The van der Waals surface area contributed by atoms with Crippen molar-refractivity contribution in [3.05, 3.63) is 0 Å². The van der Waals surface area contributed by atoms with Crippen LogP contribution in [-0.4, -0.2) is 56.0 Å². The second kappa shape index (κ2) is 6.90. The molecule has 1 N–H and O–H groups in total. The van der Waals surface area contributed by atoms with Crippen LogP contribution in [0.1, 0.15) is 32.1 Å². The number of nitrogens with one attached hydrogen (secondary N) is 1. The topological polar surface area (TPSA) is 24.5 Å². The molecule has 2 rings (SSSR count). The Labute approximate surface area is 112 Å². The van der Waals surface area contributed by atoms with Crippen molar-refractivity contribution in [2.45, 2.75) is 50.4 Å². The van der Waals surface area contributed by atoms with Gasteiger partial charge >= 0.3 is 6.18 Å². The molecular weight excluding hydrogens is 257 g/mol. The van der Waals surface area contributed by atoms with Crippen LogP contribution in [0, 0.1) is 0 Å². The van der Waals surface area contributed by atoms with Gasteiger partial charge < -0.3 is 10.1 Å². The van der Waals surface area contributed by atoms with E-state index in [9.17, 15) is 13.2 Å². The molecular formula is C13H23F3N2O. The monoisotopic (exact) mass is 280 g/mol. The van der Waals surface area contributed by atoms with Crippen LogP contribution >= 0.6 is 0 Å². The van der Waals surface area contributed by atoms with Crippen LogP contribution in [0.2, 0.25) is 0 Å². The van der Waals surface area contributed by atoms with Gasteiger partial charge in [0.15, 0.2) is 0 Å². The number of ether oxygens (including phenoxy) is 1. The summed E-state index contributed by atoms with van der Waals surface area (Å²) in [6.07, 6.45) is 1.35. The van der Waals surface area contributed by atoms with E-state index in [4.69, 9.17) is 0 Å². The van der Waals surface area contributed by atoms with Gasteiger partial charge in [-0.25, -0.2) is 0 Å². The summed E-state index contributed by atoms with van der Waals surface area (Å²) in [5.74, 6) is 0. The fourth-order valence-corrected chi connectivity index (χ4v) is 3.18. The highest BCUT2D eigenvalue weighted by Gasteiger charge is 2.32. The Balaban J connectivity index is 1.62. The highest BCUT2D eigenvalue weighted by molar-refractivity contribution is 4.91. The Morgan fingerprint density at radius 2 is 2.05 bits per heavy atom. The van der Waals surface area contributed by atoms with Crippen molar-refractivity contribution in [1.29, 1.82) is 0 Å². The third kappa shape index (κ3) is 4.93. The van der Waals surface area contributed by atoms with E-state index in [0.29, 0.717) is 18.5 Å². The Morgan fingerprint density at radius 3 is 2.74 bits per heavy atom. The van der Waals surface area contributed by atoms with Crippen molar-refractivity contribution in [1.82, 2.24) is 10.2 Å². The molecule has 2 atom stereocenters. The lowest BCUT2D eigenvalue weighted by Gasteiger charge is -2.29. The second-order valence-electron chi connectivity index (χ2n) is 5.47. The van der Waals surface area contributed by atoms with E-state index in [0.717, 1.165) is 19.6 Å². The van der Waals surface area contributed by atoms with Gasteiger partial charge in [-0.05, 0) is 45.2 Å². The highest BCUT2D eigenvalue weighted by Crippen LogP contribution is 2.24. The maximum atomic E-state index is 11.9. The molecule has 0 spiro atoms. The quantitative estimate of drug-likeness (QED) is 0.755. The van der Waals surface area contributed by atoms with E-state index in [1.807, 2.05) is 0 Å². The van der Waals surface area contributed by atoms with Gasteiger partial charge in [-0.1, -0.05) is 0 Å². The van der Waals surface area contributed by atoms with Crippen LogP contribution in [0.3, 0.4) is 0 Å². The number of nitrogens with zero attached hydrogens (tertiary/aromatic N) is 1. The predicted molar refractivity (Wildman–Crippen MR) is 67.1 cm³/mol. The van der Waals surface area contributed by atoms with Crippen LogP contribution in [0.4, 0.5) is 13.2 Å². The predicted octanol–water partition coefficient (Wildman–Crippen LogP) is 2.17. The minimum absolute atomic E-state index is 0.195. The first-order valence-electron chi connectivity index (χ1n) is 7.18. The molecule has 6 heteroatoms. The summed E-state index contributed by atoms with van der Waals surface area (Å²) >= 11 is 0. The third-order valence-electron chi connectivity index (χ3n) is 3.98. The van der Waals surface area contributed by atoms with E-state index in [2.05, 4.69) is 15.0 Å². The number of likely N-dealkylation sites (tertiary alicyclic amines) is 1. The van der Waals surface area contributed by atoms with Crippen LogP contribution in [-0.2, 0) is 4.74 Å². The molecule has 3 nitrogen and oxygen atoms in total. The molecule has 2 aliphatic heterocycles. The summed E-state index contributed by atoms with van der Waals surface area (Å²) in [5.41, 5.74) is 0. The molecule has 19 heavy (non-hydrogen) atoms.